The van der Waals surface area contributed by atoms with Crippen LogP contribution in [-0.2, 0) is 5.41 Å². The van der Waals surface area contributed by atoms with Crippen molar-refractivity contribution in [3.63, 3.8) is 0 Å². The molecule has 1 aromatic rings. The fourth-order valence-corrected chi connectivity index (χ4v) is 2.22. The lowest BCUT2D eigenvalue weighted by Gasteiger charge is -2.22. The molecule has 2 N–H and O–H groups in total. The van der Waals surface area contributed by atoms with E-state index in [0.29, 0.717) is 6.54 Å². The van der Waals surface area contributed by atoms with E-state index in [1.165, 1.54) is 12.8 Å². The maximum Gasteiger partial charge on any atom is 0.144 e. The second-order valence-corrected chi connectivity index (χ2v) is 4.02. The van der Waals surface area contributed by atoms with Crippen LogP contribution >= 0.6 is 0 Å². The molecule has 0 bridgehead atoms. The van der Waals surface area contributed by atoms with E-state index in [9.17, 15) is 0 Å². The average molecular weight is 180 g/mol. The standard InChI is InChI=1S/C10H16N2O/c1-8-6-9(13-12-8)10(7-11)4-2-3-5-10/h6H,2-5,7,11H2,1H3. The minimum Gasteiger partial charge on any atom is -0.361 e. The zero-order chi connectivity index (χ0) is 9.31. The highest BCUT2D eigenvalue weighted by Crippen LogP contribution is 2.40. The van der Waals surface area contributed by atoms with Crippen molar-refractivity contribution in [1.82, 2.24) is 5.16 Å². The van der Waals surface area contributed by atoms with Gasteiger partial charge in [0.2, 0.25) is 0 Å². The molecule has 0 saturated heterocycles. The Bertz CT molecular complexity index is 287. The van der Waals surface area contributed by atoms with E-state index in [0.717, 1.165) is 24.3 Å². The third-order valence-corrected chi connectivity index (χ3v) is 3.10. The molecule has 13 heavy (non-hydrogen) atoms. The molecule has 0 radical (unpaired) electrons. The minimum atomic E-state index is 0.0985. The molecule has 1 saturated carbocycles. The van der Waals surface area contributed by atoms with Gasteiger partial charge in [-0.05, 0) is 19.8 Å². The molecule has 3 nitrogen and oxygen atoms in total. The van der Waals surface area contributed by atoms with Crippen LogP contribution in [0.4, 0.5) is 0 Å². The van der Waals surface area contributed by atoms with E-state index >= 15 is 0 Å². The van der Waals surface area contributed by atoms with Crippen LogP contribution in [0.2, 0.25) is 0 Å². The Morgan fingerprint density at radius 1 is 1.54 bits per heavy atom. The predicted octanol–water partition coefficient (Wildman–Crippen LogP) is 1.75. The molecular formula is C10H16N2O. The molecular weight excluding hydrogens is 164 g/mol. The third-order valence-electron chi connectivity index (χ3n) is 3.10. The maximum absolute atomic E-state index is 5.82. The van der Waals surface area contributed by atoms with Crippen molar-refractivity contribution in [1.29, 1.82) is 0 Å². The van der Waals surface area contributed by atoms with Crippen LogP contribution in [-0.4, -0.2) is 11.7 Å². The highest BCUT2D eigenvalue weighted by atomic mass is 16.5. The molecule has 1 heterocycles. The monoisotopic (exact) mass is 180 g/mol. The van der Waals surface area contributed by atoms with Crippen LogP contribution in [0.15, 0.2) is 10.6 Å². The highest BCUT2D eigenvalue weighted by molar-refractivity contribution is 5.18. The first kappa shape index (κ1) is 8.75. The van der Waals surface area contributed by atoms with Crippen molar-refractivity contribution in [3.8, 4) is 0 Å². The van der Waals surface area contributed by atoms with Crippen molar-refractivity contribution < 1.29 is 4.52 Å². The first-order chi connectivity index (χ1) is 6.27. The van der Waals surface area contributed by atoms with E-state index in [1.807, 2.05) is 13.0 Å². The number of hydrogen-bond acceptors (Lipinski definition) is 3. The van der Waals surface area contributed by atoms with Gasteiger partial charge in [0.05, 0.1) is 5.69 Å². The summed E-state index contributed by atoms with van der Waals surface area (Å²) >= 11 is 0. The van der Waals surface area contributed by atoms with Gasteiger partial charge in [-0.3, -0.25) is 0 Å². The molecule has 1 aliphatic rings. The molecule has 0 aromatic carbocycles. The molecule has 72 valence electrons. The summed E-state index contributed by atoms with van der Waals surface area (Å²) in [5.41, 5.74) is 6.87. The number of hydrogen-bond donors (Lipinski definition) is 1. The lowest BCUT2D eigenvalue weighted by molar-refractivity contribution is 0.292. The smallest absolute Gasteiger partial charge is 0.144 e. The Kier molecular flexibility index (Phi) is 2.12. The van der Waals surface area contributed by atoms with Gasteiger partial charge in [0, 0.05) is 18.0 Å². The summed E-state index contributed by atoms with van der Waals surface area (Å²) in [6, 6.07) is 2.03. The van der Waals surface area contributed by atoms with Gasteiger partial charge >= 0.3 is 0 Å². The van der Waals surface area contributed by atoms with Gasteiger partial charge in [-0.15, -0.1) is 0 Å². The molecule has 1 aromatic heterocycles. The van der Waals surface area contributed by atoms with Gasteiger partial charge in [-0.1, -0.05) is 18.0 Å². The summed E-state index contributed by atoms with van der Waals surface area (Å²) in [6.07, 6.45) is 4.82. The van der Waals surface area contributed by atoms with E-state index in [-0.39, 0.29) is 5.41 Å². The molecule has 0 spiro atoms. The second-order valence-electron chi connectivity index (χ2n) is 4.02. The van der Waals surface area contributed by atoms with Crippen LogP contribution in [0.3, 0.4) is 0 Å². The number of nitrogens with zero attached hydrogens (tertiary/aromatic N) is 1. The average Bonchev–Trinajstić information content (AvgIpc) is 2.73. The summed E-state index contributed by atoms with van der Waals surface area (Å²) in [6.45, 7) is 2.63. The minimum absolute atomic E-state index is 0.0985. The molecule has 1 aliphatic carbocycles. The van der Waals surface area contributed by atoms with Crippen LogP contribution in [0.25, 0.3) is 0 Å². The number of aryl methyl sites for hydroxylation is 1. The second kappa shape index (κ2) is 3.14. The Hall–Kier alpha value is -0.830. The van der Waals surface area contributed by atoms with Crippen LogP contribution in [0, 0.1) is 6.92 Å². The molecule has 2 rings (SSSR count). The largest absolute Gasteiger partial charge is 0.361 e. The third kappa shape index (κ3) is 1.37. The first-order valence-electron chi connectivity index (χ1n) is 4.91. The van der Waals surface area contributed by atoms with Crippen molar-refractivity contribution >= 4 is 0 Å². The summed E-state index contributed by atoms with van der Waals surface area (Å²) < 4.78 is 5.31. The van der Waals surface area contributed by atoms with E-state index in [4.69, 9.17) is 10.3 Å². The van der Waals surface area contributed by atoms with E-state index in [2.05, 4.69) is 5.16 Å². The molecule has 0 atom stereocenters. The van der Waals surface area contributed by atoms with Gasteiger partial charge in [-0.25, -0.2) is 0 Å². The van der Waals surface area contributed by atoms with Crippen LogP contribution in [0.5, 0.6) is 0 Å². The van der Waals surface area contributed by atoms with Crippen molar-refractivity contribution in [2.75, 3.05) is 6.54 Å². The Balaban J connectivity index is 2.30. The Morgan fingerprint density at radius 2 is 2.23 bits per heavy atom. The number of nitrogens with two attached hydrogens (primary N) is 1. The Labute approximate surface area is 78.3 Å². The van der Waals surface area contributed by atoms with E-state index < -0.39 is 0 Å². The summed E-state index contributed by atoms with van der Waals surface area (Å²) in [4.78, 5) is 0. The lowest BCUT2D eigenvalue weighted by Crippen LogP contribution is -2.31. The van der Waals surface area contributed by atoms with Gasteiger partial charge in [0.1, 0.15) is 5.76 Å². The number of aromatic nitrogens is 1. The highest BCUT2D eigenvalue weighted by Gasteiger charge is 2.37. The Morgan fingerprint density at radius 3 is 2.69 bits per heavy atom. The van der Waals surface area contributed by atoms with Crippen LogP contribution in [0.1, 0.15) is 37.1 Å². The van der Waals surface area contributed by atoms with Crippen molar-refractivity contribution in [2.45, 2.75) is 38.0 Å². The first-order valence-corrected chi connectivity index (χ1v) is 4.91. The fraction of sp³-hybridized carbons (Fsp3) is 0.700. The van der Waals surface area contributed by atoms with Crippen molar-refractivity contribution in [3.05, 3.63) is 17.5 Å². The van der Waals surface area contributed by atoms with Gasteiger partial charge in [-0.2, -0.15) is 0 Å². The van der Waals surface area contributed by atoms with Crippen molar-refractivity contribution in [2.24, 2.45) is 5.73 Å². The van der Waals surface area contributed by atoms with Gasteiger partial charge < -0.3 is 10.3 Å². The topological polar surface area (TPSA) is 52.0 Å². The predicted molar refractivity (Wildman–Crippen MR) is 50.4 cm³/mol. The van der Waals surface area contributed by atoms with Crippen LogP contribution < -0.4 is 5.73 Å². The summed E-state index contributed by atoms with van der Waals surface area (Å²) in [5.74, 6) is 0.991. The molecule has 0 amide bonds. The van der Waals surface area contributed by atoms with Gasteiger partial charge in [0.15, 0.2) is 0 Å². The lowest BCUT2D eigenvalue weighted by atomic mass is 9.83. The number of rotatable bonds is 2. The summed E-state index contributed by atoms with van der Waals surface area (Å²) in [7, 11) is 0. The summed E-state index contributed by atoms with van der Waals surface area (Å²) in [5, 5.41) is 3.92. The SMILES string of the molecule is Cc1cc(C2(CN)CCCC2)on1. The van der Waals surface area contributed by atoms with E-state index in [1.54, 1.807) is 0 Å². The fourth-order valence-electron chi connectivity index (χ4n) is 2.22. The molecule has 1 fully saturated rings. The molecule has 0 unspecified atom stereocenters. The quantitative estimate of drug-likeness (QED) is 0.754. The molecule has 0 aliphatic heterocycles. The van der Waals surface area contributed by atoms with Gasteiger partial charge in [0.25, 0.3) is 0 Å². The normalized spacial score (nSPS) is 20.8. The molecule has 3 heteroatoms. The maximum atomic E-state index is 5.82. The zero-order valence-electron chi connectivity index (χ0n) is 8.05. The zero-order valence-corrected chi connectivity index (χ0v) is 8.05.